The van der Waals surface area contributed by atoms with Crippen LogP contribution in [0, 0.1) is 0 Å². The van der Waals surface area contributed by atoms with Crippen LogP contribution in [0.5, 0.6) is 5.75 Å². The van der Waals surface area contributed by atoms with Gasteiger partial charge >= 0.3 is 5.97 Å². The normalized spacial score (nSPS) is 12.1. The van der Waals surface area contributed by atoms with Crippen molar-refractivity contribution in [3.05, 3.63) is 29.8 Å². The number of hydrogen-bond donors (Lipinski definition) is 2. The smallest absolute Gasteiger partial charge is 0.336 e. The standard InChI is InChI=1S/C12H16O5/c1-16-7-6-9-2-4-10(5-3-9)17-8-11(13)12(14)15/h2-5,11,13H,6-8H2,1H3,(H,14,15)/t11-/m0/s1. The van der Waals surface area contributed by atoms with E-state index in [1.807, 2.05) is 12.1 Å². The highest BCUT2D eigenvalue weighted by Gasteiger charge is 2.13. The first-order valence-electron chi connectivity index (χ1n) is 5.25. The fourth-order valence-electron chi connectivity index (χ4n) is 1.22. The lowest BCUT2D eigenvalue weighted by atomic mass is 10.1. The summed E-state index contributed by atoms with van der Waals surface area (Å²) in [5.74, 6) is -0.756. The van der Waals surface area contributed by atoms with Crippen molar-refractivity contribution in [1.82, 2.24) is 0 Å². The summed E-state index contributed by atoms with van der Waals surface area (Å²) in [6, 6.07) is 7.22. The first-order chi connectivity index (χ1) is 8.13. The van der Waals surface area contributed by atoms with Crippen LogP contribution in [0.25, 0.3) is 0 Å². The molecule has 0 aliphatic rings. The van der Waals surface area contributed by atoms with Crippen LogP contribution in [0.4, 0.5) is 0 Å². The lowest BCUT2D eigenvalue weighted by molar-refractivity contribution is -0.148. The van der Waals surface area contributed by atoms with E-state index in [1.165, 1.54) is 0 Å². The monoisotopic (exact) mass is 240 g/mol. The molecule has 0 radical (unpaired) electrons. The van der Waals surface area contributed by atoms with E-state index in [0.29, 0.717) is 12.4 Å². The van der Waals surface area contributed by atoms with Crippen molar-refractivity contribution in [1.29, 1.82) is 0 Å². The van der Waals surface area contributed by atoms with Gasteiger partial charge in [0.15, 0.2) is 6.10 Å². The maximum Gasteiger partial charge on any atom is 0.336 e. The molecular weight excluding hydrogens is 224 g/mol. The van der Waals surface area contributed by atoms with Crippen molar-refractivity contribution in [2.75, 3.05) is 20.3 Å². The molecule has 0 fully saturated rings. The van der Waals surface area contributed by atoms with Crippen LogP contribution >= 0.6 is 0 Å². The molecule has 0 spiro atoms. The number of methoxy groups -OCH3 is 1. The van der Waals surface area contributed by atoms with Gasteiger partial charge in [-0.05, 0) is 24.1 Å². The van der Waals surface area contributed by atoms with Gasteiger partial charge in [0.05, 0.1) is 6.61 Å². The molecule has 1 atom stereocenters. The predicted octanol–water partition coefficient (Wildman–Crippen LogP) is 0.700. The topological polar surface area (TPSA) is 76.0 Å². The second-order valence-corrected chi connectivity index (χ2v) is 3.55. The number of aliphatic hydroxyl groups is 1. The van der Waals surface area contributed by atoms with Gasteiger partial charge in [-0.15, -0.1) is 0 Å². The van der Waals surface area contributed by atoms with Crippen molar-refractivity contribution in [3.63, 3.8) is 0 Å². The van der Waals surface area contributed by atoms with E-state index >= 15 is 0 Å². The third-order valence-electron chi connectivity index (χ3n) is 2.21. The Morgan fingerprint density at radius 1 is 1.35 bits per heavy atom. The molecule has 0 aliphatic heterocycles. The number of carboxylic acid groups (broad SMARTS) is 1. The Kier molecular flexibility index (Phi) is 5.45. The van der Waals surface area contributed by atoms with Gasteiger partial charge in [-0.3, -0.25) is 0 Å². The summed E-state index contributed by atoms with van der Waals surface area (Å²) >= 11 is 0. The summed E-state index contributed by atoms with van der Waals surface area (Å²) < 4.78 is 10.1. The van der Waals surface area contributed by atoms with E-state index in [9.17, 15) is 4.79 Å². The quantitative estimate of drug-likeness (QED) is 0.733. The number of aliphatic hydroxyl groups excluding tert-OH is 1. The molecule has 0 saturated heterocycles. The molecule has 5 heteroatoms. The van der Waals surface area contributed by atoms with Crippen LogP contribution in [0.3, 0.4) is 0 Å². The molecule has 0 bridgehead atoms. The Bertz CT molecular complexity index is 346. The van der Waals surface area contributed by atoms with Crippen LogP contribution < -0.4 is 4.74 Å². The number of ether oxygens (including phenoxy) is 2. The van der Waals surface area contributed by atoms with Gasteiger partial charge in [0.25, 0.3) is 0 Å². The van der Waals surface area contributed by atoms with E-state index in [0.717, 1.165) is 12.0 Å². The van der Waals surface area contributed by atoms with E-state index in [4.69, 9.17) is 19.7 Å². The molecule has 0 unspecified atom stereocenters. The minimum atomic E-state index is -1.50. The van der Waals surface area contributed by atoms with E-state index < -0.39 is 12.1 Å². The second kappa shape index (κ2) is 6.88. The number of carboxylic acids is 1. The summed E-state index contributed by atoms with van der Waals surface area (Å²) in [5.41, 5.74) is 1.11. The van der Waals surface area contributed by atoms with Gasteiger partial charge in [0.2, 0.25) is 0 Å². The maximum absolute atomic E-state index is 10.3. The number of rotatable bonds is 7. The lowest BCUT2D eigenvalue weighted by Gasteiger charge is -2.09. The minimum Gasteiger partial charge on any atom is -0.490 e. The van der Waals surface area contributed by atoms with Crippen LogP contribution in [0.15, 0.2) is 24.3 Å². The predicted molar refractivity (Wildman–Crippen MR) is 61.2 cm³/mol. The third-order valence-corrected chi connectivity index (χ3v) is 2.21. The van der Waals surface area contributed by atoms with Gasteiger partial charge in [-0.25, -0.2) is 4.79 Å². The molecule has 5 nitrogen and oxygen atoms in total. The fraction of sp³-hybridized carbons (Fsp3) is 0.417. The van der Waals surface area contributed by atoms with Crippen LogP contribution in [0.1, 0.15) is 5.56 Å². The van der Waals surface area contributed by atoms with Gasteiger partial charge in [-0.2, -0.15) is 0 Å². The Balaban J connectivity index is 2.42. The van der Waals surface area contributed by atoms with Crippen molar-refractivity contribution in [3.8, 4) is 5.75 Å². The molecule has 1 aromatic rings. The summed E-state index contributed by atoms with van der Waals surface area (Å²) in [7, 11) is 1.64. The van der Waals surface area contributed by atoms with Crippen molar-refractivity contribution in [2.45, 2.75) is 12.5 Å². The van der Waals surface area contributed by atoms with E-state index in [-0.39, 0.29) is 6.61 Å². The van der Waals surface area contributed by atoms with Crippen LogP contribution in [-0.2, 0) is 16.0 Å². The average molecular weight is 240 g/mol. The Labute approximate surface area is 99.6 Å². The Morgan fingerprint density at radius 2 is 2.00 bits per heavy atom. The fourth-order valence-corrected chi connectivity index (χ4v) is 1.22. The molecule has 17 heavy (non-hydrogen) atoms. The van der Waals surface area contributed by atoms with Crippen molar-refractivity contribution >= 4 is 5.97 Å². The molecule has 0 aliphatic carbocycles. The molecular formula is C12H16O5. The maximum atomic E-state index is 10.3. The van der Waals surface area contributed by atoms with Crippen LogP contribution in [-0.4, -0.2) is 42.6 Å². The highest BCUT2D eigenvalue weighted by molar-refractivity contribution is 5.72. The zero-order valence-electron chi connectivity index (χ0n) is 9.63. The zero-order valence-corrected chi connectivity index (χ0v) is 9.63. The summed E-state index contributed by atoms with van der Waals surface area (Å²) in [5, 5.41) is 17.5. The Morgan fingerprint density at radius 3 is 2.53 bits per heavy atom. The largest absolute Gasteiger partial charge is 0.490 e. The third kappa shape index (κ3) is 4.84. The summed E-state index contributed by atoms with van der Waals surface area (Å²) in [4.78, 5) is 10.3. The number of benzene rings is 1. The molecule has 0 heterocycles. The number of carbonyl (C=O) groups is 1. The molecule has 0 aromatic heterocycles. The second-order valence-electron chi connectivity index (χ2n) is 3.55. The Hall–Kier alpha value is -1.59. The first-order valence-corrected chi connectivity index (χ1v) is 5.25. The summed E-state index contributed by atoms with van der Waals surface area (Å²) in [6.45, 7) is 0.394. The summed E-state index contributed by atoms with van der Waals surface area (Å²) in [6.07, 6.45) is -0.683. The van der Waals surface area contributed by atoms with Crippen molar-refractivity contribution < 1.29 is 24.5 Å². The SMILES string of the molecule is COCCc1ccc(OC[C@H](O)C(=O)O)cc1. The molecule has 94 valence electrons. The minimum absolute atomic E-state index is 0.257. The molecule has 1 rings (SSSR count). The molecule has 1 aromatic carbocycles. The molecule has 2 N–H and O–H groups in total. The van der Waals surface area contributed by atoms with Crippen LogP contribution in [0.2, 0.25) is 0 Å². The van der Waals surface area contributed by atoms with Gasteiger partial charge < -0.3 is 19.7 Å². The first kappa shape index (κ1) is 13.5. The molecule has 0 saturated carbocycles. The van der Waals surface area contributed by atoms with Gasteiger partial charge in [-0.1, -0.05) is 12.1 Å². The number of aliphatic carboxylic acids is 1. The van der Waals surface area contributed by atoms with E-state index in [2.05, 4.69) is 0 Å². The van der Waals surface area contributed by atoms with Gasteiger partial charge in [0, 0.05) is 7.11 Å². The van der Waals surface area contributed by atoms with E-state index in [1.54, 1.807) is 19.2 Å². The van der Waals surface area contributed by atoms with Gasteiger partial charge in [0.1, 0.15) is 12.4 Å². The highest BCUT2D eigenvalue weighted by Crippen LogP contribution is 2.12. The van der Waals surface area contributed by atoms with Crippen molar-refractivity contribution in [2.24, 2.45) is 0 Å². The zero-order chi connectivity index (χ0) is 12.7. The molecule has 0 amide bonds. The lowest BCUT2D eigenvalue weighted by Crippen LogP contribution is -2.26. The number of hydrogen-bond acceptors (Lipinski definition) is 4. The highest BCUT2D eigenvalue weighted by atomic mass is 16.5. The average Bonchev–Trinajstić information content (AvgIpc) is 2.34.